The predicted molar refractivity (Wildman–Crippen MR) is 117 cm³/mol. The molecular weight excluding hydrogens is 426 g/mol. The lowest BCUT2D eigenvalue weighted by Crippen LogP contribution is -2.40. The molecule has 0 unspecified atom stereocenters. The summed E-state index contributed by atoms with van der Waals surface area (Å²) in [6, 6.07) is 11.8. The molecule has 0 atom stereocenters. The van der Waals surface area contributed by atoms with Gasteiger partial charge in [0.2, 0.25) is 10.0 Å². The van der Waals surface area contributed by atoms with Gasteiger partial charge in [-0.2, -0.15) is 4.31 Å². The maximum atomic E-state index is 12.9. The van der Waals surface area contributed by atoms with E-state index >= 15 is 0 Å². The second-order valence-corrected chi connectivity index (χ2v) is 9.70. The molecule has 4 rings (SSSR count). The highest BCUT2D eigenvalue weighted by Crippen LogP contribution is 2.26. The number of benzene rings is 2. The molecule has 2 heterocycles. The SMILES string of the molecule is O=C(Nc1ccc(N2CCCC2)cc1)c1cc(S(=O)(=O)N2CCOCC2)ccc1Cl. The summed E-state index contributed by atoms with van der Waals surface area (Å²) in [5.74, 6) is -0.451. The van der Waals surface area contributed by atoms with E-state index in [2.05, 4.69) is 10.2 Å². The number of morpholine rings is 1. The van der Waals surface area contributed by atoms with E-state index in [-0.39, 0.29) is 28.6 Å². The minimum atomic E-state index is -3.71. The molecule has 0 spiro atoms. The van der Waals surface area contributed by atoms with Crippen LogP contribution in [0.3, 0.4) is 0 Å². The van der Waals surface area contributed by atoms with E-state index in [0.29, 0.717) is 18.9 Å². The Bertz CT molecular complexity index is 1020. The summed E-state index contributed by atoms with van der Waals surface area (Å²) >= 11 is 6.21. The molecule has 2 aliphatic rings. The smallest absolute Gasteiger partial charge is 0.257 e. The Balaban J connectivity index is 1.51. The highest BCUT2D eigenvalue weighted by atomic mass is 35.5. The zero-order valence-corrected chi connectivity index (χ0v) is 18.1. The van der Waals surface area contributed by atoms with E-state index in [4.69, 9.17) is 16.3 Å². The van der Waals surface area contributed by atoms with Crippen LogP contribution >= 0.6 is 11.6 Å². The first-order valence-corrected chi connectivity index (χ1v) is 11.8. The lowest BCUT2D eigenvalue weighted by molar-refractivity contribution is 0.0730. The monoisotopic (exact) mass is 449 g/mol. The average molecular weight is 450 g/mol. The van der Waals surface area contributed by atoms with Gasteiger partial charge >= 0.3 is 0 Å². The number of hydrogen-bond acceptors (Lipinski definition) is 5. The fourth-order valence-corrected chi connectivity index (χ4v) is 5.34. The van der Waals surface area contributed by atoms with Gasteiger partial charge in [0, 0.05) is 37.6 Å². The van der Waals surface area contributed by atoms with Crippen LogP contribution in [0.1, 0.15) is 23.2 Å². The van der Waals surface area contributed by atoms with Crippen molar-refractivity contribution in [2.24, 2.45) is 0 Å². The van der Waals surface area contributed by atoms with Crippen LogP contribution in [0.2, 0.25) is 5.02 Å². The van der Waals surface area contributed by atoms with Crippen LogP contribution in [0.4, 0.5) is 11.4 Å². The van der Waals surface area contributed by atoms with E-state index < -0.39 is 15.9 Å². The minimum Gasteiger partial charge on any atom is -0.379 e. The Labute approximate surface area is 181 Å². The van der Waals surface area contributed by atoms with E-state index in [1.54, 1.807) is 0 Å². The number of rotatable bonds is 5. The molecule has 0 aromatic heterocycles. The van der Waals surface area contributed by atoms with E-state index in [1.807, 2.05) is 24.3 Å². The summed E-state index contributed by atoms with van der Waals surface area (Å²) in [6.07, 6.45) is 2.39. The van der Waals surface area contributed by atoms with Crippen molar-refractivity contribution < 1.29 is 17.9 Å². The molecule has 9 heteroatoms. The van der Waals surface area contributed by atoms with Crippen molar-refractivity contribution in [2.75, 3.05) is 49.6 Å². The summed E-state index contributed by atoms with van der Waals surface area (Å²) in [6.45, 7) is 3.38. The molecule has 2 aliphatic heterocycles. The van der Waals surface area contributed by atoms with Gasteiger partial charge < -0.3 is 15.0 Å². The lowest BCUT2D eigenvalue weighted by atomic mass is 10.2. The number of halogens is 1. The maximum Gasteiger partial charge on any atom is 0.257 e. The molecule has 0 aliphatic carbocycles. The highest BCUT2D eigenvalue weighted by molar-refractivity contribution is 7.89. The van der Waals surface area contributed by atoms with Gasteiger partial charge in [-0.25, -0.2) is 8.42 Å². The standard InChI is InChI=1S/C21H24ClN3O4S/c22-20-8-7-18(30(27,28)25-11-13-29-14-12-25)15-19(20)21(26)23-16-3-5-17(6-4-16)24-9-1-2-10-24/h3-8,15H,1-2,9-14H2,(H,23,26). The van der Waals surface area contributed by atoms with Gasteiger partial charge in [-0.15, -0.1) is 0 Å². The van der Waals surface area contributed by atoms with Gasteiger partial charge in [-0.05, 0) is 55.3 Å². The molecule has 1 N–H and O–H groups in total. The Morgan fingerprint density at radius 1 is 0.967 bits per heavy atom. The molecule has 160 valence electrons. The molecule has 2 fully saturated rings. The predicted octanol–water partition coefficient (Wildman–Crippen LogP) is 3.21. The number of nitrogens with zero attached hydrogens (tertiary/aromatic N) is 2. The molecule has 0 saturated carbocycles. The van der Waals surface area contributed by atoms with Crippen molar-refractivity contribution in [1.29, 1.82) is 0 Å². The Kier molecular flexibility index (Phi) is 6.29. The minimum absolute atomic E-state index is 0.0448. The number of carbonyl (C=O) groups is 1. The zero-order valence-electron chi connectivity index (χ0n) is 16.5. The van der Waals surface area contributed by atoms with E-state index in [1.165, 1.54) is 35.3 Å². The van der Waals surface area contributed by atoms with Gasteiger partial charge in [0.1, 0.15) is 0 Å². The Morgan fingerprint density at radius 3 is 2.30 bits per heavy atom. The number of hydrogen-bond donors (Lipinski definition) is 1. The van der Waals surface area contributed by atoms with Gasteiger partial charge in [-0.3, -0.25) is 4.79 Å². The molecular formula is C21H24ClN3O4S. The summed E-state index contributed by atoms with van der Waals surface area (Å²) < 4.78 is 32.4. The topological polar surface area (TPSA) is 79.0 Å². The summed E-state index contributed by atoms with van der Waals surface area (Å²) in [7, 11) is -3.71. The van der Waals surface area contributed by atoms with Crippen LogP contribution in [-0.4, -0.2) is 58.0 Å². The van der Waals surface area contributed by atoms with Gasteiger partial charge in [-0.1, -0.05) is 11.6 Å². The third-order valence-corrected chi connectivity index (χ3v) is 7.61. The van der Waals surface area contributed by atoms with Crippen LogP contribution in [0.25, 0.3) is 0 Å². The second kappa shape index (κ2) is 8.93. The first-order valence-electron chi connectivity index (χ1n) is 9.99. The third-order valence-electron chi connectivity index (χ3n) is 5.39. The Hall–Kier alpha value is -2.13. The van der Waals surface area contributed by atoms with Crippen molar-refractivity contribution in [1.82, 2.24) is 4.31 Å². The lowest BCUT2D eigenvalue weighted by Gasteiger charge is -2.26. The number of nitrogens with one attached hydrogen (secondary N) is 1. The maximum absolute atomic E-state index is 12.9. The molecule has 2 aromatic rings. The van der Waals surface area contributed by atoms with Gasteiger partial charge in [0.15, 0.2) is 0 Å². The quantitative estimate of drug-likeness (QED) is 0.758. The summed E-state index contributed by atoms with van der Waals surface area (Å²) in [4.78, 5) is 15.1. The van der Waals surface area contributed by atoms with Crippen molar-refractivity contribution in [3.05, 3.63) is 53.1 Å². The van der Waals surface area contributed by atoms with Crippen LogP contribution in [0.15, 0.2) is 47.4 Å². The zero-order chi connectivity index (χ0) is 21.1. The molecule has 2 aromatic carbocycles. The van der Waals surface area contributed by atoms with Crippen LogP contribution in [-0.2, 0) is 14.8 Å². The van der Waals surface area contributed by atoms with Crippen LogP contribution < -0.4 is 10.2 Å². The summed E-state index contributed by atoms with van der Waals surface area (Å²) in [5, 5.41) is 3.00. The van der Waals surface area contributed by atoms with Crippen molar-refractivity contribution >= 4 is 38.9 Å². The number of anilines is 2. The van der Waals surface area contributed by atoms with Crippen molar-refractivity contribution in [2.45, 2.75) is 17.7 Å². The Morgan fingerprint density at radius 2 is 1.63 bits per heavy atom. The second-order valence-electron chi connectivity index (χ2n) is 7.35. The molecule has 1 amide bonds. The molecule has 2 saturated heterocycles. The number of sulfonamides is 1. The molecule has 7 nitrogen and oxygen atoms in total. The normalized spacial score (nSPS) is 17.8. The average Bonchev–Trinajstić information content (AvgIpc) is 3.30. The number of carbonyl (C=O) groups excluding carboxylic acids is 1. The first-order chi connectivity index (χ1) is 14.4. The molecule has 0 radical (unpaired) electrons. The van der Waals surface area contributed by atoms with Gasteiger partial charge in [0.05, 0.1) is 28.7 Å². The third kappa shape index (κ3) is 4.46. The number of amides is 1. The van der Waals surface area contributed by atoms with E-state index in [9.17, 15) is 13.2 Å². The van der Waals surface area contributed by atoms with Gasteiger partial charge in [0.25, 0.3) is 5.91 Å². The van der Waals surface area contributed by atoms with Crippen molar-refractivity contribution in [3.63, 3.8) is 0 Å². The van der Waals surface area contributed by atoms with Crippen LogP contribution in [0, 0.1) is 0 Å². The highest BCUT2D eigenvalue weighted by Gasteiger charge is 2.27. The fourth-order valence-electron chi connectivity index (χ4n) is 3.70. The number of ether oxygens (including phenoxy) is 1. The van der Waals surface area contributed by atoms with E-state index in [0.717, 1.165) is 18.8 Å². The molecule has 30 heavy (non-hydrogen) atoms. The van der Waals surface area contributed by atoms with Crippen LogP contribution in [0.5, 0.6) is 0 Å². The first kappa shape index (κ1) is 21.1. The fraction of sp³-hybridized carbons (Fsp3) is 0.381. The molecule has 0 bridgehead atoms. The van der Waals surface area contributed by atoms with Crippen molar-refractivity contribution in [3.8, 4) is 0 Å². The largest absolute Gasteiger partial charge is 0.379 e. The summed E-state index contributed by atoms with van der Waals surface area (Å²) in [5.41, 5.74) is 1.87.